The molecule has 0 aliphatic carbocycles. The van der Waals surface area contributed by atoms with Crippen molar-refractivity contribution in [1.82, 2.24) is 0 Å². The van der Waals surface area contributed by atoms with Gasteiger partial charge in [0, 0.05) is 0 Å². The van der Waals surface area contributed by atoms with Crippen LogP contribution in [0.5, 0.6) is 0 Å². The SMILES string of the molecule is CCOP(=O)(OCC)[C@@H](N)c1ccc(F)c(C#N)c1. The van der Waals surface area contributed by atoms with Crippen molar-refractivity contribution in [2.45, 2.75) is 19.6 Å². The first-order valence-corrected chi connectivity index (χ1v) is 7.43. The van der Waals surface area contributed by atoms with Crippen LogP contribution in [0.25, 0.3) is 0 Å². The molecule has 1 aromatic rings. The van der Waals surface area contributed by atoms with Gasteiger partial charge in [-0.1, -0.05) is 6.07 Å². The van der Waals surface area contributed by atoms with Crippen LogP contribution in [0, 0.1) is 17.1 Å². The fraction of sp³-hybridized carbons (Fsp3) is 0.417. The van der Waals surface area contributed by atoms with Crippen molar-refractivity contribution in [3.05, 3.63) is 35.1 Å². The number of halogens is 1. The van der Waals surface area contributed by atoms with Crippen molar-refractivity contribution in [1.29, 1.82) is 5.26 Å². The highest BCUT2D eigenvalue weighted by atomic mass is 31.2. The van der Waals surface area contributed by atoms with Crippen LogP contribution in [0.15, 0.2) is 18.2 Å². The lowest BCUT2D eigenvalue weighted by Gasteiger charge is -2.23. The molecule has 19 heavy (non-hydrogen) atoms. The summed E-state index contributed by atoms with van der Waals surface area (Å²) in [5.41, 5.74) is 6.05. The Kier molecular flexibility index (Phi) is 5.64. The van der Waals surface area contributed by atoms with Gasteiger partial charge in [0.05, 0.1) is 18.8 Å². The van der Waals surface area contributed by atoms with Gasteiger partial charge in [0.1, 0.15) is 17.7 Å². The topological polar surface area (TPSA) is 85.3 Å². The lowest BCUT2D eigenvalue weighted by atomic mass is 10.1. The molecule has 5 nitrogen and oxygen atoms in total. The summed E-state index contributed by atoms with van der Waals surface area (Å²) in [7, 11) is -3.53. The molecule has 0 aliphatic rings. The Labute approximate surface area is 111 Å². The second-order valence-corrected chi connectivity index (χ2v) is 5.82. The van der Waals surface area contributed by atoms with Gasteiger partial charge >= 0.3 is 7.60 Å². The summed E-state index contributed by atoms with van der Waals surface area (Å²) in [4.78, 5) is 0. The summed E-state index contributed by atoms with van der Waals surface area (Å²) in [6, 6.07) is 5.43. The van der Waals surface area contributed by atoms with Crippen LogP contribution < -0.4 is 5.73 Å². The maximum Gasteiger partial charge on any atom is 0.351 e. The molecular formula is C12H16FN2O3P. The molecule has 2 N–H and O–H groups in total. The smallest absolute Gasteiger partial charge is 0.314 e. The average Bonchev–Trinajstić information content (AvgIpc) is 2.39. The molecule has 104 valence electrons. The van der Waals surface area contributed by atoms with Crippen LogP contribution in [0.1, 0.15) is 30.8 Å². The number of hydrogen-bond acceptors (Lipinski definition) is 5. The highest BCUT2D eigenvalue weighted by Crippen LogP contribution is 2.58. The van der Waals surface area contributed by atoms with Gasteiger partial charge < -0.3 is 14.8 Å². The van der Waals surface area contributed by atoms with E-state index in [1.165, 1.54) is 12.1 Å². The van der Waals surface area contributed by atoms with Gasteiger partial charge in [-0.3, -0.25) is 4.57 Å². The lowest BCUT2D eigenvalue weighted by molar-refractivity contribution is 0.212. The number of benzene rings is 1. The highest BCUT2D eigenvalue weighted by molar-refractivity contribution is 7.54. The summed E-state index contributed by atoms with van der Waals surface area (Å²) < 4.78 is 35.9. The second-order valence-electron chi connectivity index (χ2n) is 3.67. The first-order valence-electron chi connectivity index (χ1n) is 5.82. The molecule has 0 spiro atoms. The van der Waals surface area contributed by atoms with Crippen molar-refractivity contribution < 1.29 is 18.0 Å². The Bertz CT molecular complexity index is 520. The lowest BCUT2D eigenvalue weighted by Crippen LogP contribution is -2.15. The van der Waals surface area contributed by atoms with Gasteiger partial charge in [-0.25, -0.2) is 4.39 Å². The van der Waals surface area contributed by atoms with Gasteiger partial charge in [-0.05, 0) is 31.5 Å². The first kappa shape index (κ1) is 15.8. The van der Waals surface area contributed by atoms with Crippen LogP contribution in [0.4, 0.5) is 4.39 Å². The van der Waals surface area contributed by atoms with E-state index in [-0.39, 0.29) is 18.8 Å². The Morgan fingerprint density at radius 1 is 1.42 bits per heavy atom. The molecule has 0 fully saturated rings. The average molecular weight is 286 g/mol. The molecule has 0 aromatic heterocycles. The maximum absolute atomic E-state index is 13.2. The van der Waals surface area contributed by atoms with Crippen molar-refractivity contribution in [3.63, 3.8) is 0 Å². The number of nitrogens with two attached hydrogens (primary N) is 1. The molecule has 7 heteroatoms. The molecule has 1 aromatic carbocycles. The third-order valence-corrected chi connectivity index (χ3v) is 4.63. The zero-order valence-electron chi connectivity index (χ0n) is 10.8. The van der Waals surface area contributed by atoms with Gasteiger partial charge in [0.25, 0.3) is 0 Å². The summed E-state index contributed by atoms with van der Waals surface area (Å²) >= 11 is 0. The highest BCUT2D eigenvalue weighted by Gasteiger charge is 2.34. The maximum atomic E-state index is 13.2. The van der Waals surface area contributed by atoms with Crippen LogP contribution in [0.2, 0.25) is 0 Å². The fourth-order valence-electron chi connectivity index (χ4n) is 1.55. The zero-order chi connectivity index (χ0) is 14.5. The van der Waals surface area contributed by atoms with Crippen LogP contribution in [-0.4, -0.2) is 13.2 Å². The zero-order valence-corrected chi connectivity index (χ0v) is 11.7. The summed E-state index contributed by atoms with van der Waals surface area (Å²) in [5, 5.41) is 8.77. The minimum absolute atomic E-state index is 0.160. The van der Waals surface area contributed by atoms with Gasteiger partial charge in [0.2, 0.25) is 0 Å². The predicted octanol–water partition coefficient (Wildman–Crippen LogP) is 2.92. The van der Waals surface area contributed by atoms with Crippen LogP contribution in [0.3, 0.4) is 0 Å². The molecule has 0 bridgehead atoms. The third-order valence-electron chi connectivity index (χ3n) is 2.41. The van der Waals surface area contributed by atoms with Gasteiger partial charge in [0.15, 0.2) is 0 Å². The molecule has 0 aliphatic heterocycles. The van der Waals surface area contributed by atoms with E-state index >= 15 is 0 Å². The predicted molar refractivity (Wildman–Crippen MR) is 68.9 cm³/mol. The molecule has 0 unspecified atom stereocenters. The van der Waals surface area contributed by atoms with Crippen molar-refractivity contribution in [3.8, 4) is 6.07 Å². The monoisotopic (exact) mass is 286 g/mol. The first-order chi connectivity index (χ1) is 8.98. The molecule has 0 saturated heterocycles. The Balaban J connectivity index is 3.13. The third kappa shape index (κ3) is 3.62. The van der Waals surface area contributed by atoms with E-state index in [0.717, 1.165) is 6.07 Å². The van der Waals surface area contributed by atoms with E-state index in [9.17, 15) is 8.96 Å². The normalized spacial score (nSPS) is 13.0. The van der Waals surface area contributed by atoms with E-state index < -0.39 is 19.2 Å². The summed E-state index contributed by atoms with van der Waals surface area (Å²) in [6.07, 6.45) is 0. The van der Waals surface area contributed by atoms with Gasteiger partial charge in [-0.15, -0.1) is 0 Å². The molecule has 0 saturated carbocycles. The second kappa shape index (κ2) is 6.78. The summed E-state index contributed by atoms with van der Waals surface area (Å²) in [5.74, 6) is -1.71. The molecule has 0 amide bonds. The van der Waals surface area contributed by atoms with E-state index in [2.05, 4.69) is 0 Å². The van der Waals surface area contributed by atoms with Crippen LogP contribution in [-0.2, 0) is 13.6 Å². The number of nitriles is 1. The van der Waals surface area contributed by atoms with Crippen molar-refractivity contribution >= 4 is 7.60 Å². The van der Waals surface area contributed by atoms with E-state index in [1.807, 2.05) is 0 Å². The molecule has 1 atom stereocenters. The molecular weight excluding hydrogens is 270 g/mol. The van der Waals surface area contributed by atoms with E-state index in [4.69, 9.17) is 20.0 Å². The Morgan fingerprint density at radius 2 is 2.00 bits per heavy atom. The molecule has 0 heterocycles. The molecule has 0 radical (unpaired) electrons. The largest absolute Gasteiger partial charge is 0.351 e. The number of rotatable bonds is 6. The standard InChI is InChI=1S/C12H16FN2O3P/c1-3-17-19(16,18-4-2)12(15)9-5-6-11(13)10(7-9)8-14/h5-7,12H,3-4,15H2,1-2H3/t12-/m1/s1. The Morgan fingerprint density at radius 3 is 2.47 bits per heavy atom. The minimum atomic E-state index is -3.53. The number of nitrogens with zero attached hydrogens (tertiary/aromatic N) is 1. The van der Waals surface area contributed by atoms with Crippen molar-refractivity contribution in [2.24, 2.45) is 5.73 Å². The number of hydrogen-bond donors (Lipinski definition) is 1. The van der Waals surface area contributed by atoms with E-state index in [0.29, 0.717) is 5.56 Å². The quantitative estimate of drug-likeness (QED) is 0.812. The molecule has 1 rings (SSSR count). The van der Waals surface area contributed by atoms with E-state index in [1.54, 1.807) is 19.9 Å². The summed E-state index contributed by atoms with van der Waals surface area (Å²) in [6.45, 7) is 3.70. The van der Waals surface area contributed by atoms with Crippen LogP contribution >= 0.6 is 7.60 Å². The van der Waals surface area contributed by atoms with Gasteiger partial charge in [-0.2, -0.15) is 5.26 Å². The fourth-order valence-corrected chi connectivity index (χ4v) is 3.19. The minimum Gasteiger partial charge on any atom is -0.314 e. The Hall–Kier alpha value is -1.25. The van der Waals surface area contributed by atoms with Crippen molar-refractivity contribution in [2.75, 3.05) is 13.2 Å².